The number of allylic oxidation sites excluding steroid dienone is 12. The first-order valence-electron chi connectivity index (χ1n) is 32.9. The SMILES string of the molecule is C1CCNC1.C=CC(=O)OC.CC1=CC/C(=C\N2CCCC2)CC1.CC1=CC/C(=C\N2CCCC2)CC1.CC1=CCC(C=O)CC1.CC1=CCC(C=[N+]2CCCC2)(CCC(=O)C=O)CC1.COC(=O)CCC1(C=[N+]2CCCC2)CC=C(C)CC1. The van der Waals surface area contributed by atoms with Crippen LogP contribution < -0.4 is 5.32 Å². The van der Waals surface area contributed by atoms with E-state index in [-0.39, 0.29) is 22.6 Å². The quantitative estimate of drug-likeness (QED) is 0.0475. The number of rotatable bonds is 13. The van der Waals surface area contributed by atoms with E-state index in [2.05, 4.69) is 125 Å². The van der Waals surface area contributed by atoms with Crippen LogP contribution in [-0.4, -0.2) is 141 Å². The number of carbonyl (C=O) groups excluding carboxylic acids is 5. The van der Waals surface area contributed by atoms with Gasteiger partial charge in [-0.05, 0) is 208 Å². The molecule has 12 nitrogen and oxygen atoms in total. The van der Waals surface area contributed by atoms with Gasteiger partial charge in [-0.15, -0.1) is 0 Å². The van der Waals surface area contributed by atoms with Crippen molar-refractivity contribution in [3.05, 3.63) is 94.4 Å². The molecule has 0 radical (unpaired) electrons. The van der Waals surface area contributed by atoms with E-state index >= 15 is 0 Å². The fourth-order valence-electron chi connectivity index (χ4n) is 12.3. The van der Waals surface area contributed by atoms with Crippen LogP contribution in [0.15, 0.2) is 94.4 Å². The molecule has 0 aromatic heterocycles. The molecule has 0 saturated carbocycles. The van der Waals surface area contributed by atoms with Gasteiger partial charge in [-0.2, -0.15) is 0 Å². The van der Waals surface area contributed by atoms with Gasteiger partial charge in [0.05, 0.1) is 25.0 Å². The van der Waals surface area contributed by atoms with Crippen molar-refractivity contribution in [2.24, 2.45) is 16.7 Å². The summed E-state index contributed by atoms with van der Waals surface area (Å²) < 4.78 is 13.8. The van der Waals surface area contributed by atoms with Crippen molar-refractivity contribution in [2.75, 3.05) is 79.7 Å². The first-order valence-corrected chi connectivity index (χ1v) is 32.9. The monoisotopic (exact) mass is 1160 g/mol. The van der Waals surface area contributed by atoms with E-state index in [1.807, 2.05) is 0 Å². The van der Waals surface area contributed by atoms with Gasteiger partial charge in [-0.25, -0.2) is 13.9 Å². The van der Waals surface area contributed by atoms with E-state index in [1.54, 1.807) is 22.3 Å². The molecule has 0 aromatic carbocycles. The first-order chi connectivity index (χ1) is 40.6. The van der Waals surface area contributed by atoms with Gasteiger partial charge >= 0.3 is 11.9 Å². The molecule has 10 aliphatic rings. The number of nitrogens with one attached hydrogen (secondary N) is 1. The highest BCUT2D eigenvalue weighted by molar-refractivity contribution is 6.24. The Morgan fingerprint density at radius 3 is 1.36 bits per heavy atom. The summed E-state index contributed by atoms with van der Waals surface area (Å²) in [7, 11) is 2.79. The zero-order valence-electron chi connectivity index (χ0n) is 53.9. The van der Waals surface area contributed by atoms with Crippen LogP contribution in [0.3, 0.4) is 0 Å². The summed E-state index contributed by atoms with van der Waals surface area (Å²) in [5.74, 6) is -0.426. The fourth-order valence-corrected chi connectivity index (χ4v) is 12.3. The van der Waals surface area contributed by atoms with Crippen LogP contribution in [0.2, 0.25) is 0 Å². The first kappa shape index (κ1) is 71.3. The molecule has 0 spiro atoms. The molecule has 5 saturated heterocycles. The zero-order chi connectivity index (χ0) is 60.8. The molecule has 84 heavy (non-hydrogen) atoms. The minimum absolute atomic E-state index is 0.0829. The van der Waals surface area contributed by atoms with Crippen LogP contribution >= 0.6 is 0 Å². The van der Waals surface area contributed by atoms with Crippen LogP contribution in [0.5, 0.6) is 0 Å². The number of methoxy groups -OCH3 is 2. The highest BCUT2D eigenvalue weighted by Gasteiger charge is 2.36. The highest BCUT2D eigenvalue weighted by Crippen LogP contribution is 2.40. The second-order valence-electron chi connectivity index (χ2n) is 25.6. The number of aldehydes is 2. The number of hydrogen-bond donors (Lipinski definition) is 1. The van der Waals surface area contributed by atoms with Crippen LogP contribution in [0, 0.1) is 16.7 Å². The molecular weight excluding hydrogens is 1050 g/mol. The van der Waals surface area contributed by atoms with Crippen molar-refractivity contribution >= 4 is 42.7 Å². The number of ether oxygens (including phenoxy) is 2. The molecule has 10 rings (SSSR count). The number of ketones is 1. The summed E-state index contributed by atoms with van der Waals surface area (Å²) in [5, 5.41) is 3.22. The lowest BCUT2D eigenvalue weighted by molar-refractivity contribution is -0.505. The summed E-state index contributed by atoms with van der Waals surface area (Å²) in [4.78, 5) is 58.3. The van der Waals surface area contributed by atoms with Crippen LogP contribution in [0.25, 0.3) is 0 Å². The Labute approximate surface area is 509 Å². The molecule has 5 fully saturated rings. The molecule has 0 aromatic rings. The van der Waals surface area contributed by atoms with Crippen molar-refractivity contribution in [1.29, 1.82) is 0 Å². The van der Waals surface area contributed by atoms with Gasteiger partial charge < -0.3 is 29.4 Å². The van der Waals surface area contributed by atoms with E-state index in [4.69, 9.17) is 4.74 Å². The van der Waals surface area contributed by atoms with Crippen molar-refractivity contribution < 1.29 is 42.6 Å². The number of nitrogens with zero attached hydrogens (tertiary/aromatic N) is 4. The molecule has 5 aliphatic carbocycles. The maximum Gasteiger partial charge on any atom is 0.329 e. The Morgan fingerprint density at radius 1 is 0.583 bits per heavy atom. The molecule has 5 heterocycles. The zero-order valence-corrected chi connectivity index (χ0v) is 53.9. The average Bonchev–Trinajstić information content (AvgIpc) is 4.21. The number of esters is 2. The largest absolute Gasteiger partial charge is 0.469 e. The molecule has 0 bridgehead atoms. The van der Waals surface area contributed by atoms with Gasteiger partial charge in [0, 0.05) is 76.7 Å². The lowest BCUT2D eigenvalue weighted by atomic mass is 9.72. The van der Waals surface area contributed by atoms with Gasteiger partial charge in [0.1, 0.15) is 44.9 Å². The van der Waals surface area contributed by atoms with Crippen molar-refractivity contribution in [3.63, 3.8) is 0 Å². The third kappa shape index (κ3) is 29.7. The Balaban J connectivity index is 0.000000219. The second-order valence-corrected chi connectivity index (χ2v) is 25.6. The molecule has 3 unspecified atom stereocenters. The van der Waals surface area contributed by atoms with Crippen molar-refractivity contribution in [2.45, 2.75) is 221 Å². The molecule has 3 atom stereocenters. The lowest BCUT2D eigenvalue weighted by Gasteiger charge is -2.30. The van der Waals surface area contributed by atoms with Crippen LogP contribution in [0.4, 0.5) is 0 Å². The number of likely N-dealkylation sites (tertiary alicyclic amines) is 2. The Hall–Kier alpha value is -5.23. The van der Waals surface area contributed by atoms with Gasteiger partial charge in [-0.1, -0.05) is 76.0 Å². The summed E-state index contributed by atoms with van der Waals surface area (Å²) in [6, 6.07) is 0. The van der Waals surface area contributed by atoms with Gasteiger partial charge in [0.25, 0.3) is 0 Å². The smallest absolute Gasteiger partial charge is 0.329 e. The minimum atomic E-state index is -0.394. The number of Topliss-reactive ketones (excluding diaryl/α,β-unsaturated/α-hetero) is 1. The highest BCUT2D eigenvalue weighted by atomic mass is 16.5. The molecule has 12 heteroatoms. The maximum atomic E-state index is 11.4. The summed E-state index contributed by atoms with van der Waals surface area (Å²) >= 11 is 0. The van der Waals surface area contributed by atoms with Crippen molar-refractivity contribution in [1.82, 2.24) is 15.1 Å². The summed E-state index contributed by atoms with van der Waals surface area (Å²) in [6.07, 6.45) is 57.3. The Kier molecular flexibility index (Phi) is 34.8. The maximum absolute atomic E-state index is 11.4. The number of hydrogen-bond acceptors (Lipinski definition) is 10. The van der Waals surface area contributed by atoms with E-state index in [1.165, 1.54) is 192 Å². The van der Waals surface area contributed by atoms with Crippen molar-refractivity contribution in [3.8, 4) is 0 Å². The molecular formula is C72H115N5O7+2. The predicted molar refractivity (Wildman–Crippen MR) is 347 cm³/mol. The van der Waals surface area contributed by atoms with E-state index < -0.39 is 5.97 Å². The number of carbonyl (C=O) groups is 5. The van der Waals surface area contributed by atoms with E-state index in [9.17, 15) is 24.0 Å². The standard InChI is InChI=1S/C16H26NO2.C16H24NO2.2C12H19N.C8H12O.C4H9N.C4H6O2/c1-14-5-8-16(9-6-14,10-7-15(18)19-2)13-17-11-3-4-12-17;1-14-4-7-16(8-5-14,9-6-15(19)12-18)13-17-10-2-3-11-17;2*1-11-4-6-12(7-5-11)10-13-8-2-3-9-13;1-7-2-4-8(6-9)5-3-7;1-2-4-5-3-1;1-3-4(5)6-2/h5,13H,3-4,6-12H2,1-2H3;4,12-13H,2-3,5-11H2,1H3;2*4,10H,2-3,5-9H2,1H3;2,6,8H,3-5H2,1H3;5H,1-4H2;3H,1H2,2H3/q2*+1;;;;;/b;;2*12-10+;;;. The fraction of sp³-hybridized carbons (Fsp3) is 0.681. The third-order valence-corrected chi connectivity index (χ3v) is 18.3. The Morgan fingerprint density at radius 2 is 1.04 bits per heavy atom. The van der Waals surface area contributed by atoms with Crippen LogP contribution in [0.1, 0.15) is 221 Å². The minimum Gasteiger partial charge on any atom is -0.469 e. The molecule has 1 N–H and O–H groups in total. The average molecular weight is 1160 g/mol. The second kappa shape index (κ2) is 41.0. The predicted octanol–water partition coefficient (Wildman–Crippen LogP) is 14.3. The topological polar surface area (TPSA) is 128 Å². The van der Waals surface area contributed by atoms with E-state index in [0.717, 1.165) is 89.7 Å². The van der Waals surface area contributed by atoms with Gasteiger partial charge in [-0.3, -0.25) is 14.4 Å². The lowest BCUT2D eigenvalue weighted by Crippen LogP contribution is -2.30. The Bertz CT molecular complexity index is 2280. The molecule has 0 amide bonds. The molecule has 468 valence electrons. The third-order valence-electron chi connectivity index (χ3n) is 18.3. The summed E-state index contributed by atoms with van der Waals surface area (Å²) in [6.45, 7) is 26.4. The van der Waals surface area contributed by atoms with Gasteiger partial charge in [0.2, 0.25) is 0 Å². The summed E-state index contributed by atoms with van der Waals surface area (Å²) in [5.41, 5.74) is 11.1. The van der Waals surface area contributed by atoms with Crippen LogP contribution in [-0.2, 0) is 33.4 Å². The normalized spacial score (nSPS) is 25.3. The molecule has 5 aliphatic heterocycles. The van der Waals surface area contributed by atoms with Gasteiger partial charge in [0.15, 0.2) is 12.1 Å². The van der Waals surface area contributed by atoms with E-state index in [0.29, 0.717) is 25.0 Å².